The SMILES string of the molecule is COC(=O)Nc1ccc(-c2cc(C(CSC)NC(=O)/C=C/c3cc(Cl)ccc3-n3cnnn3)n[nH]c2=O)cc1. The summed E-state index contributed by atoms with van der Waals surface area (Å²) < 4.78 is 6.05. The highest BCUT2D eigenvalue weighted by Crippen LogP contribution is 2.23. The van der Waals surface area contributed by atoms with Crippen LogP contribution in [0.4, 0.5) is 10.5 Å². The van der Waals surface area contributed by atoms with Gasteiger partial charge in [-0.2, -0.15) is 21.5 Å². The number of aromatic amines is 1. The number of thioether (sulfide) groups is 1. The quantitative estimate of drug-likeness (QED) is 0.258. The molecule has 3 N–H and O–H groups in total. The van der Waals surface area contributed by atoms with Gasteiger partial charge in [-0.05, 0) is 64.7 Å². The van der Waals surface area contributed by atoms with Crippen LogP contribution in [0.25, 0.3) is 22.9 Å². The standard InChI is InChI=1S/C25H23ClN8O4S/c1-38-25(37)28-18-7-3-15(4-8-18)19-12-20(30-31-24(19)36)21(13-39-2)29-23(35)10-5-16-11-17(26)6-9-22(16)34-14-27-32-33-34/h3-12,14,21H,13H2,1-2H3,(H,28,37)(H,29,35)(H,31,36)/b10-5+. The topological polar surface area (TPSA) is 157 Å². The minimum atomic E-state index is -0.599. The van der Waals surface area contributed by atoms with Crippen molar-refractivity contribution in [2.75, 3.05) is 24.4 Å². The smallest absolute Gasteiger partial charge is 0.411 e. The Bertz CT molecular complexity index is 1540. The Morgan fingerprint density at radius 3 is 2.69 bits per heavy atom. The van der Waals surface area contributed by atoms with Gasteiger partial charge in [0.05, 0.1) is 30.1 Å². The zero-order valence-corrected chi connectivity index (χ0v) is 22.4. The second-order valence-corrected chi connectivity index (χ2v) is 9.38. The molecule has 0 aliphatic rings. The molecular weight excluding hydrogens is 544 g/mol. The first-order chi connectivity index (χ1) is 18.9. The summed E-state index contributed by atoms with van der Waals surface area (Å²) in [6.07, 6.45) is 5.74. The van der Waals surface area contributed by atoms with Gasteiger partial charge in [0, 0.05) is 28.1 Å². The molecular formula is C25H23ClN8O4S. The summed E-state index contributed by atoms with van der Waals surface area (Å²) in [4.78, 5) is 36.9. The van der Waals surface area contributed by atoms with Crippen molar-refractivity contribution in [3.63, 3.8) is 0 Å². The van der Waals surface area contributed by atoms with E-state index < -0.39 is 17.7 Å². The molecule has 0 fully saturated rings. The van der Waals surface area contributed by atoms with Crippen LogP contribution in [0.2, 0.25) is 5.02 Å². The largest absolute Gasteiger partial charge is 0.453 e. The summed E-state index contributed by atoms with van der Waals surface area (Å²) >= 11 is 7.67. The van der Waals surface area contributed by atoms with Gasteiger partial charge in [0.1, 0.15) is 6.33 Å². The van der Waals surface area contributed by atoms with Gasteiger partial charge >= 0.3 is 6.09 Å². The Kier molecular flexibility index (Phi) is 9.07. The highest BCUT2D eigenvalue weighted by Gasteiger charge is 2.18. The molecule has 0 saturated carbocycles. The number of anilines is 1. The van der Waals surface area contributed by atoms with Gasteiger partial charge in [0.15, 0.2) is 0 Å². The van der Waals surface area contributed by atoms with Crippen molar-refractivity contribution in [2.24, 2.45) is 0 Å². The van der Waals surface area contributed by atoms with Crippen LogP contribution in [-0.4, -0.2) is 61.5 Å². The van der Waals surface area contributed by atoms with Crippen LogP contribution < -0.4 is 16.2 Å². The molecule has 2 aromatic carbocycles. The lowest BCUT2D eigenvalue weighted by Gasteiger charge is -2.17. The van der Waals surface area contributed by atoms with Gasteiger partial charge in [-0.3, -0.25) is 14.9 Å². The number of methoxy groups -OCH3 is 1. The van der Waals surface area contributed by atoms with E-state index in [1.807, 2.05) is 6.26 Å². The first-order valence-corrected chi connectivity index (χ1v) is 13.2. The third-order valence-electron chi connectivity index (χ3n) is 5.46. The van der Waals surface area contributed by atoms with Gasteiger partial charge in [-0.1, -0.05) is 23.7 Å². The second-order valence-electron chi connectivity index (χ2n) is 8.04. The van der Waals surface area contributed by atoms with E-state index in [1.165, 1.54) is 36.0 Å². The highest BCUT2D eigenvalue weighted by atomic mass is 35.5. The van der Waals surface area contributed by atoms with Crippen molar-refractivity contribution in [2.45, 2.75) is 6.04 Å². The van der Waals surface area contributed by atoms with Crippen molar-refractivity contribution in [1.82, 2.24) is 35.7 Å². The normalized spacial score (nSPS) is 11.8. The van der Waals surface area contributed by atoms with Crippen molar-refractivity contribution in [3.05, 3.63) is 87.6 Å². The van der Waals surface area contributed by atoms with E-state index in [-0.39, 0.29) is 5.91 Å². The maximum atomic E-state index is 12.9. The van der Waals surface area contributed by atoms with Crippen LogP contribution in [0.5, 0.6) is 0 Å². The molecule has 4 rings (SSSR count). The Balaban J connectivity index is 1.54. The summed E-state index contributed by atoms with van der Waals surface area (Å²) in [7, 11) is 1.27. The molecule has 0 spiro atoms. The van der Waals surface area contributed by atoms with E-state index in [1.54, 1.807) is 54.6 Å². The molecule has 2 amide bonds. The molecule has 1 atom stereocenters. The third-order valence-corrected chi connectivity index (χ3v) is 6.36. The number of aromatic nitrogens is 6. The number of halogens is 1. The molecule has 0 radical (unpaired) electrons. The molecule has 200 valence electrons. The second kappa shape index (κ2) is 12.8. The molecule has 12 nitrogen and oxygen atoms in total. The molecule has 4 aromatic rings. The van der Waals surface area contributed by atoms with E-state index in [0.717, 1.165) is 0 Å². The molecule has 1 unspecified atom stereocenters. The zero-order valence-electron chi connectivity index (χ0n) is 20.8. The number of H-pyrrole nitrogens is 1. The van der Waals surface area contributed by atoms with Gasteiger partial charge in [-0.25, -0.2) is 9.89 Å². The van der Waals surface area contributed by atoms with Crippen molar-refractivity contribution in [1.29, 1.82) is 0 Å². The van der Waals surface area contributed by atoms with E-state index in [9.17, 15) is 14.4 Å². The molecule has 0 aliphatic heterocycles. The monoisotopic (exact) mass is 566 g/mol. The number of carbonyl (C=O) groups is 2. The van der Waals surface area contributed by atoms with E-state index >= 15 is 0 Å². The Hall–Kier alpha value is -4.49. The Morgan fingerprint density at radius 2 is 2.00 bits per heavy atom. The fourth-order valence-corrected chi connectivity index (χ4v) is 4.38. The fourth-order valence-electron chi connectivity index (χ4n) is 3.61. The van der Waals surface area contributed by atoms with Gasteiger partial charge in [-0.15, -0.1) is 5.10 Å². The van der Waals surface area contributed by atoms with E-state index in [4.69, 9.17) is 11.6 Å². The first kappa shape index (κ1) is 27.5. The predicted molar refractivity (Wildman–Crippen MR) is 149 cm³/mol. The summed E-state index contributed by atoms with van der Waals surface area (Å²) in [5.41, 5.74) is 2.87. The summed E-state index contributed by atoms with van der Waals surface area (Å²) in [5, 5.41) is 23.9. The van der Waals surface area contributed by atoms with Crippen molar-refractivity contribution >= 4 is 47.1 Å². The first-order valence-electron chi connectivity index (χ1n) is 11.4. The minimum Gasteiger partial charge on any atom is -0.453 e. The van der Waals surface area contributed by atoms with Crippen LogP contribution >= 0.6 is 23.4 Å². The highest BCUT2D eigenvalue weighted by molar-refractivity contribution is 7.98. The third kappa shape index (κ3) is 7.09. The number of hydrogen-bond acceptors (Lipinski definition) is 9. The zero-order chi connectivity index (χ0) is 27.8. The molecule has 0 bridgehead atoms. The maximum Gasteiger partial charge on any atom is 0.411 e. The van der Waals surface area contributed by atoms with Crippen LogP contribution in [0.3, 0.4) is 0 Å². The molecule has 2 heterocycles. The molecule has 14 heteroatoms. The van der Waals surface area contributed by atoms with E-state index in [2.05, 4.69) is 41.1 Å². The average Bonchev–Trinajstić information content (AvgIpc) is 3.47. The Morgan fingerprint density at radius 1 is 1.21 bits per heavy atom. The lowest BCUT2D eigenvalue weighted by Crippen LogP contribution is -2.30. The maximum absolute atomic E-state index is 12.9. The van der Waals surface area contributed by atoms with Crippen molar-refractivity contribution in [3.8, 4) is 16.8 Å². The number of tetrazole rings is 1. The number of nitrogens with one attached hydrogen (secondary N) is 3. The van der Waals surface area contributed by atoms with Gasteiger partial charge in [0.25, 0.3) is 5.56 Å². The van der Waals surface area contributed by atoms with Crippen LogP contribution in [-0.2, 0) is 9.53 Å². The number of amides is 2. The van der Waals surface area contributed by atoms with Crippen LogP contribution in [0, 0.1) is 0 Å². The van der Waals surface area contributed by atoms with E-state index in [0.29, 0.717) is 44.5 Å². The van der Waals surface area contributed by atoms with Crippen molar-refractivity contribution < 1.29 is 14.3 Å². The number of hydrogen-bond donors (Lipinski definition) is 3. The van der Waals surface area contributed by atoms with Gasteiger partial charge < -0.3 is 10.1 Å². The number of rotatable bonds is 9. The summed E-state index contributed by atoms with van der Waals surface area (Å²) in [6.45, 7) is 0. The molecule has 0 saturated heterocycles. The lowest BCUT2D eigenvalue weighted by atomic mass is 10.1. The predicted octanol–water partition coefficient (Wildman–Crippen LogP) is 3.48. The van der Waals surface area contributed by atoms with Crippen LogP contribution in [0.1, 0.15) is 17.3 Å². The number of benzene rings is 2. The average molecular weight is 567 g/mol. The number of nitrogens with zero attached hydrogens (tertiary/aromatic N) is 5. The molecule has 0 aliphatic carbocycles. The Labute approximate surface area is 231 Å². The minimum absolute atomic E-state index is 0.366. The van der Waals surface area contributed by atoms with Crippen LogP contribution in [0.15, 0.2) is 65.7 Å². The number of ether oxygens (including phenoxy) is 1. The fraction of sp³-hybridized carbons (Fsp3) is 0.160. The molecule has 2 aromatic heterocycles. The summed E-state index contributed by atoms with van der Waals surface area (Å²) in [6, 6.07) is 13.0. The molecule has 39 heavy (non-hydrogen) atoms. The lowest BCUT2D eigenvalue weighted by molar-refractivity contribution is -0.117. The number of carbonyl (C=O) groups excluding carboxylic acids is 2. The summed E-state index contributed by atoms with van der Waals surface area (Å²) in [5.74, 6) is 0.136. The van der Waals surface area contributed by atoms with Gasteiger partial charge in [0.2, 0.25) is 5.91 Å².